The van der Waals surface area contributed by atoms with Gasteiger partial charge in [-0.15, -0.1) is 0 Å². The molecule has 12 nitrogen and oxygen atoms in total. The molecule has 1 saturated carbocycles. The Kier molecular flexibility index (Phi) is 36.7. The predicted octanol–water partition coefficient (Wildman–Crippen LogP) is 10.3. The van der Waals surface area contributed by atoms with Crippen molar-refractivity contribution in [3.05, 3.63) is 12.2 Å². The van der Waals surface area contributed by atoms with Gasteiger partial charge in [0.1, 0.15) is 42.7 Å². The standard InChI is InChI=1S/C47H91O12P/c1-3-5-7-9-11-13-15-17-18-19-20-21-22-23-24-26-28-30-32-34-36-41(48)58-40(38-56-37-35-33-31-29-27-25-16-14-12-10-8-6-4-2)39-57-60(54,55)59-47-45(52)43(50)42(49)44(51)46(47)53/h12,14,40,42-47,49-53H,3-11,13,15-39H2,1-2H3,(H,54,55)/b14-12-. The lowest BCUT2D eigenvalue weighted by Gasteiger charge is -2.41. The summed E-state index contributed by atoms with van der Waals surface area (Å²) in [5.41, 5.74) is 0. The molecule has 0 aliphatic heterocycles. The summed E-state index contributed by atoms with van der Waals surface area (Å²) in [6, 6.07) is 0. The van der Waals surface area contributed by atoms with Crippen LogP contribution in [0.15, 0.2) is 12.2 Å². The minimum atomic E-state index is -5.01. The summed E-state index contributed by atoms with van der Waals surface area (Å²) >= 11 is 0. The van der Waals surface area contributed by atoms with Gasteiger partial charge in [0.2, 0.25) is 0 Å². The molecule has 1 aliphatic carbocycles. The predicted molar refractivity (Wildman–Crippen MR) is 240 cm³/mol. The van der Waals surface area contributed by atoms with Gasteiger partial charge in [-0.25, -0.2) is 4.57 Å². The SMILES string of the molecule is CCCCC/C=C\CCCCCCCCOCC(COP(=O)(O)OC1C(O)C(O)C(O)C(O)C1O)OC(=O)CCCCCCCCCCCCCCCCCCCCCC. The Labute approximate surface area is 365 Å². The van der Waals surface area contributed by atoms with Gasteiger partial charge in [-0.1, -0.05) is 187 Å². The maximum absolute atomic E-state index is 12.8. The number of carbonyl (C=O) groups excluding carboxylic acids is 1. The number of aliphatic hydroxyl groups excluding tert-OH is 5. The van der Waals surface area contributed by atoms with Crippen LogP contribution in [0.4, 0.5) is 0 Å². The van der Waals surface area contributed by atoms with Crippen LogP contribution in [0.5, 0.6) is 0 Å². The molecule has 6 unspecified atom stereocenters. The van der Waals surface area contributed by atoms with Crippen molar-refractivity contribution in [2.24, 2.45) is 0 Å². The van der Waals surface area contributed by atoms with E-state index in [-0.39, 0.29) is 13.0 Å². The molecule has 1 aliphatic rings. The van der Waals surface area contributed by atoms with E-state index in [1.165, 1.54) is 141 Å². The van der Waals surface area contributed by atoms with E-state index in [0.29, 0.717) is 13.0 Å². The second-order valence-corrected chi connectivity index (χ2v) is 18.7. The number of phosphoric ester groups is 1. The Bertz CT molecular complexity index is 1050. The molecule has 0 radical (unpaired) electrons. The van der Waals surface area contributed by atoms with Crippen LogP contribution >= 0.6 is 7.82 Å². The van der Waals surface area contributed by atoms with Crippen molar-refractivity contribution in [2.75, 3.05) is 19.8 Å². The molecule has 0 bridgehead atoms. The van der Waals surface area contributed by atoms with Gasteiger partial charge >= 0.3 is 13.8 Å². The van der Waals surface area contributed by atoms with Crippen molar-refractivity contribution in [3.63, 3.8) is 0 Å². The van der Waals surface area contributed by atoms with Crippen LogP contribution < -0.4 is 0 Å². The van der Waals surface area contributed by atoms with E-state index in [1.54, 1.807) is 0 Å². The van der Waals surface area contributed by atoms with Gasteiger partial charge < -0.3 is 39.9 Å². The lowest BCUT2D eigenvalue weighted by atomic mass is 9.85. The van der Waals surface area contributed by atoms with E-state index in [0.717, 1.165) is 51.4 Å². The lowest BCUT2D eigenvalue weighted by molar-refractivity contribution is -0.220. The highest BCUT2D eigenvalue weighted by Crippen LogP contribution is 2.47. The first-order valence-electron chi connectivity index (χ1n) is 24.5. The number of hydrogen-bond donors (Lipinski definition) is 6. The van der Waals surface area contributed by atoms with Crippen LogP contribution in [0.3, 0.4) is 0 Å². The number of phosphoric acid groups is 1. The van der Waals surface area contributed by atoms with Gasteiger partial charge in [0.05, 0.1) is 13.2 Å². The summed E-state index contributed by atoms with van der Waals surface area (Å²) < 4.78 is 34.2. The Balaban J connectivity index is 2.33. The highest BCUT2D eigenvalue weighted by atomic mass is 31.2. The number of esters is 1. The molecule has 13 heteroatoms. The Morgan fingerprint density at radius 1 is 0.517 bits per heavy atom. The third kappa shape index (κ3) is 30.2. The molecule has 1 rings (SSSR count). The summed E-state index contributed by atoms with van der Waals surface area (Å²) in [6.45, 7) is 4.25. The van der Waals surface area contributed by atoms with Crippen molar-refractivity contribution >= 4 is 13.8 Å². The first-order valence-corrected chi connectivity index (χ1v) is 26.0. The van der Waals surface area contributed by atoms with Gasteiger partial charge in [0.25, 0.3) is 0 Å². The number of ether oxygens (including phenoxy) is 2. The zero-order chi connectivity index (χ0) is 44.1. The van der Waals surface area contributed by atoms with Crippen molar-refractivity contribution < 1.29 is 58.3 Å². The molecule has 60 heavy (non-hydrogen) atoms. The fourth-order valence-electron chi connectivity index (χ4n) is 7.70. The normalized spacial score (nSPS) is 22.3. The average Bonchev–Trinajstić information content (AvgIpc) is 3.23. The third-order valence-corrected chi connectivity index (χ3v) is 12.6. The number of carbonyl (C=O) groups is 1. The summed E-state index contributed by atoms with van der Waals surface area (Å²) in [4.78, 5) is 23.2. The molecular weight excluding hydrogens is 787 g/mol. The summed E-state index contributed by atoms with van der Waals surface area (Å²) in [7, 11) is -5.01. The van der Waals surface area contributed by atoms with Crippen molar-refractivity contribution in [1.29, 1.82) is 0 Å². The van der Waals surface area contributed by atoms with E-state index in [1.807, 2.05) is 0 Å². The third-order valence-electron chi connectivity index (χ3n) is 11.6. The van der Waals surface area contributed by atoms with Crippen molar-refractivity contribution in [3.8, 4) is 0 Å². The first-order chi connectivity index (χ1) is 29.0. The molecule has 0 spiro atoms. The summed E-state index contributed by atoms with van der Waals surface area (Å²) in [5, 5.41) is 50.2. The van der Waals surface area contributed by atoms with E-state index >= 15 is 0 Å². The topological polar surface area (TPSA) is 192 Å². The minimum Gasteiger partial charge on any atom is -0.457 e. The Morgan fingerprint density at radius 2 is 0.883 bits per heavy atom. The second-order valence-electron chi connectivity index (χ2n) is 17.3. The highest BCUT2D eigenvalue weighted by molar-refractivity contribution is 7.47. The second kappa shape index (κ2) is 38.5. The Morgan fingerprint density at radius 3 is 1.35 bits per heavy atom. The zero-order valence-corrected chi connectivity index (χ0v) is 38.9. The molecule has 0 aromatic heterocycles. The molecule has 0 heterocycles. The maximum Gasteiger partial charge on any atom is 0.472 e. The van der Waals surface area contributed by atoms with Gasteiger partial charge in [-0.05, 0) is 38.5 Å². The molecule has 0 aromatic rings. The lowest BCUT2D eigenvalue weighted by Crippen LogP contribution is -2.64. The molecule has 1 fully saturated rings. The Hall–Kier alpha value is -0.920. The minimum absolute atomic E-state index is 0.0755. The fraction of sp³-hybridized carbons (Fsp3) is 0.936. The number of allylic oxidation sites excluding steroid dienone is 2. The largest absolute Gasteiger partial charge is 0.472 e. The van der Waals surface area contributed by atoms with Gasteiger partial charge in [-0.3, -0.25) is 13.8 Å². The summed E-state index contributed by atoms with van der Waals surface area (Å²) in [5.74, 6) is -0.475. The van der Waals surface area contributed by atoms with Crippen LogP contribution in [0, 0.1) is 0 Å². The van der Waals surface area contributed by atoms with E-state index in [4.69, 9.17) is 18.5 Å². The number of aliphatic hydroxyl groups is 5. The summed E-state index contributed by atoms with van der Waals surface area (Å²) in [6.07, 6.45) is 30.0. The quantitative estimate of drug-likeness (QED) is 0.0147. The smallest absolute Gasteiger partial charge is 0.457 e. The molecule has 0 saturated heterocycles. The molecule has 356 valence electrons. The molecule has 6 N–H and O–H groups in total. The first kappa shape index (κ1) is 57.1. The fourth-order valence-corrected chi connectivity index (χ4v) is 8.68. The van der Waals surface area contributed by atoms with E-state index in [9.17, 15) is 39.8 Å². The monoisotopic (exact) mass is 879 g/mol. The van der Waals surface area contributed by atoms with Crippen LogP contribution in [-0.2, 0) is 27.9 Å². The van der Waals surface area contributed by atoms with Crippen LogP contribution in [0.25, 0.3) is 0 Å². The van der Waals surface area contributed by atoms with Crippen molar-refractivity contribution in [2.45, 2.75) is 262 Å². The van der Waals surface area contributed by atoms with Crippen LogP contribution in [0.1, 0.15) is 219 Å². The molecule has 0 amide bonds. The number of unbranched alkanes of at least 4 members (excludes halogenated alkanes) is 28. The van der Waals surface area contributed by atoms with Crippen LogP contribution in [-0.4, -0.2) is 98.9 Å². The molecular formula is C47H91O12P. The average molecular weight is 879 g/mol. The van der Waals surface area contributed by atoms with Crippen LogP contribution in [0.2, 0.25) is 0 Å². The van der Waals surface area contributed by atoms with E-state index < -0.39 is 63.1 Å². The molecule has 6 atom stereocenters. The highest BCUT2D eigenvalue weighted by Gasteiger charge is 2.51. The molecule has 0 aromatic carbocycles. The van der Waals surface area contributed by atoms with Gasteiger partial charge in [-0.2, -0.15) is 0 Å². The van der Waals surface area contributed by atoms with Gasteiger partial charge in [0, 0.05) is 13.0 Å². The van der Waals surface area contributed by atoms with E-state index in [2.05, 4.69) is 26.0 Å². The number of hydrogen-bond acceptors (Lipinski definition) is 11. The van der Waals surface area contributed by atoms with Crippen molar-refractivity contribution in [1.82, 2.24) is 0 Å². The zero-order valence-electron chi connectivity index (χ0n) is 38.0. The number of rotatable bonds is 42. The maximum atomic E-state index is 12.8. The van der Waals surface area contributed by atoms with Gasteiger partial charge in [0.15, 0.2) is 0 Å².